The van der Waals surface area contributed by atoms with Gasteiger partial charge in [0.05, 0.1) is 0 Å². The zero-order valence-electron chi connectivity index (χ0n) is 10.5. The smallest absolute Gasteiger partial charge is 0.107 e. The lowest BCUT2D eigenvalue weighted by molar-refractivity contribution is 0.133. The molecule has 0 saturated heterocycles. The van der Waals surface area contributed by atoms with Gasteiger partial charge < -0.3 is 10.4 Å². The van der Waals surface area contributed by atoms with E-state index in [1.807, 2.05) is 6.92 Å². The van der Waals surface area contributed by atoms with Gasteiger partial charge in [-0.15, -0.1) is 11.3 Å². The Balaban J connectivity index is 1.73. The second-order valence-electron chi connectivity index (χ2n) is 5.00. The second-order valence-corrected chi connectivity index (χ2v) is 5.94. The largest absolute Gasteiger partial charge is 0.396 e. The maximum Gasteiger partial charge on any atom is 0.107 e. The molecule has 0 aliphatic heterocycles. The normalized spacial score (nSPS) is 25.1. The maximum atomic E-state index is 9.34. The third-order valence-corrected chi connectivity index (χ3v) is 4.62. The van der Waals surface area contributed by atoms with Crippen molar-refractivity contribution >= 4 is 11.3 Å². The quantitative estimate of drug-likeness (QED) is 0.848. The summed E-state index contributed by atoms with van der Waals surface area (Å²) in [5, 5.41) is 16.1. The molecular formula is C13H22N2OS. The number of aliphatic hydroxyl groups excluding tert-OH is 1. The van der Waals surface area contributed by atoms with Crippen LogP contribution in [0.2, 0.25) is 0 Å². The fourth-order valence-corrected chi connectivity index (χ4v) is 3.38. The number of rotatable bonds is 5. The summed E-state index contributed by atoms with van der Waals surface area (Å²) >= 11 is 1.72. The standard InChI is InChI=1S/C13H22N2OS/c1-10-9-17-13(15-10)7-14-6-11-4-2-3-5-12(11)8-16/h9,11-12,14,16H,2-8H2,1H3. The van der Waals surface area contributed by atoms with Crippen molar-refractivity contribution in [2.45, 2.75) is 39.2 Å². The predicted octanol–water partition coefficient (Wildman–Crippen LogP) is 2.34. The van der Waals surface area contributed by atoms with Gasteiger partial charge in [-0.05, 0) is 38.1 Å². The van der Waals surface area contributed by atoms with Gasteiger partial charge in [0.2, 0.25) is 0 Å². The van der Waals surface area contributed by atoms with Crippen molar-refractivity contribution in [2.24, 2.45) is 11.8 Å². The van der Waals surface area contributed by atoms with Crippen LogP contribution < -0.4 is 5.32 Å². The predicted molar refractivity (Wildman–Crippen MR) is 71.1 cm³/mol. The highest BCUT2D eigenvalue weighted by Crippen LogP contribution is 2.29. The molecule has 0 amide bonds. The molecule has 2 unspecified atom stereocenters. The third kappa shape index (κ3) is 3.76. The average molecular weight is 254 g/mol. The van der Waals surface area contributed by atoms with E-state index >= 15 is 0 Å². The first-order valence-corrected chi connectivity index (χ1v) is 7.40. The molecule has 0 bridgehead atoms. The maximum absolute atomic E-state index is 9.34. The van der Waals surface area contributed by atoms with Crippen LogP contribution in [0, 0.1) is 18.8 Å². The molecule has 1 fully saturated rings. The number of hydrogen-bond acceptors (Lipinski definition) is 4. The van der Waals surface area contributed by atoms with Gasteiger partial charge in [0.25, 0.3) is 0 Å². The summed E-state index contributed by atoms with van der Waals surface area (Å²) in [5.41, 5.74) is 1.11. The summed E-state index contributed by atoms with van der Waals surface area (Å²) in [7, 11) is 0. The Morgan fingerprint density at radius 2 is 2.18 bits per heavy atom. The zero-order valence-corrected chi connectivity index (χ0v) is 11.3. The number of aromatic nitrogens is 1. The van der Waals surface area contributed by atoms with E-state index in [1.165, 1.54) is 30.7 Å². The summed E-state index contributed by atoms with van der Waals surface area (Å²) in [6.45, 7) is 4.27. The van der Waals surface area contributed by atoms with Gasteiger partial charge in [-0.25, -0.2) is 4.98 Å². The highest BCUT2D eigenvalue weighted by molar-refractivity contribution is 7.09. The molecule has 3 nitrogen and oxygen atoms in total. The number of aliphatic hydroxyl groups is 1. The van der Waals surface area contributed by atoms with Crippen LogP contribution in [0.1, 0.15) is 36.4 Å². The first kappa shape index (κ1) is 13.0. The van der Waals surface area contributed by atoms with Gasteiger partial charge in [-0.1, -0.05) is 12.8 Å². The van der Waals surface area contributed by atoms with E-state index in [1.54, 1.807) is 11.3 Å². The molecule has 1 saturated carbocycles. The van der Waals surface area contributed by atoms with E-state index in [0.717, 1.165) is 18.8 Å². The lowest BCUT2D eigenvalue weighted by Crippen LogP contribution is -2.32. The summed E-state index contributed by atoms with van der Waals surface area (Å²) in [6.07, 6.45) is 5.06. The minimum absolute atomic E-state index is 0.350. The van der Waals surface area contributed by atoms with Crippen molar-refractivity contribution in [3.63, 3.8) is 0 Å². The monoisotopic (exact) mass is 254 g/mol. The molecule has 0 aromatic carbocycles. The molecule has 1 aromatic rings. The molecule has 1 heterocycles. The Labute approximate surface area is 107 Å². The van der Waals surface area contributed by atoms with Gasteiger partial charge in [0.1, 0.15) is 5.01 Å². The first-order valence-electron chi connectivity index (χ1n) is 6.52. The van der Waals surface area contributed by atoms with Crippen LogP contribution >= 0.6 is 11.3 Å². The van der Waals surface area contributed by atoms with Crippen molar-refractivity contribution < 1.29 is 5.11 Å². The fourth-order valence-electron chi connectivity index (χ4n) is 2.64. The van der Waals surface area contributed by atoms with Gasteiger partial charge >= 0.3 is 0 Å². The van der Waals surface area contributed by atoms with Crippen LogP contribution in [0.5, 0.6) is 0 Å². The van der Waals surface area contributed by atoms with E-state index in [-0.39, 0.29) is 0 Å². The Hall–Kier alpha value is -0.450. The van der Waals surface area contributed by atoms with E-state index in [4.69, 9.17) is 0 Å². The van der Waals surface area contributed by atoms with Crippen LogP contribution in [-0.2, 0) is 6.54 Å². The minimum Gasteiger partial charge on any atom is -0.396 e. The van der Waals surface area contributed by atoms with Crippen LogP contribution in [0.25, 0.3) is 0 Å². The van der Waals surface area contributed by atoms with Crippen molar-refractivity contribution in [3.8, 4) is 0 Å². The Bertz CT molecular complexity index is 340. The topological polar surface area (TPSA) is 45.1 Å². The Morgan fingerprint density at radius 1 is 1.41 bits per heavy atom. The van der Waals surface area contributed by atoms with E-state index in [9.17, 15) is 5.11 Å². The minimum atomic E-state index is 0.350. The molecule has 0 spiro atoms. The Morgan fingerprint density at radius 3 is 2.82 bits per heavy atom. The summed E-state index contributed by atoms with van der Waals surface area (Å²) < 4.78 is 0. The molecule has 17 heavy (non-hydrogen) atoms. The number of aryl methyl sites for hydroxylation is 1. The number of nitrogens with zero attached hydrogens (tertiary/aromatic N) is 1. The number of thiazole rings is 1. The molecule has 2 atom stereocenters. The van der Waals surface area contributed by atoms with Crippen molar-refractivity contribution in [1.29, 1.82) is 0 Å². The first-order chi connectivity index (χ1) is 8.29. The second kappa shape index (κ2) is 6.47. The fraction of sp³-hybridized carbons (Fsp3) is 0.769. The zero-order chi connectivity index (χ0) is 12.1. The molecule has 96 valence electrons. The van der Waals surface area contributed by atoms with E-state index in [0.29, 0.717) is 18.4 Å². The van der Waals surface area contributed by atoms with Crippen molar-refractivity contribution in [1.82, 2.24) is 10.3 Å². The SMILES string of the molecule is Cc1csc(CNCC2CCCCC2CO)n1. The van der Waals surface area contributed by atoms with Gasteiger partial charge in [-0.2, -0.15) is 0 Å². The van der Waals surface area contributed by atoms with E-state index in [2.05, 4.69) is 15.7 Å². The highest BCUT2D eigenvalue weighted by atomic mass is 32.1. The molecule has 1 aliphatic carbocycles. The molecule has 4 heteroatoms. The van der Waals surface area contributed by atoms with Crippen LogP contribution in [-0.4, -0.2) is 23.2 Å². The lowest BCUT2D eigenvalue weighted by Gasteiger charge is -2.30. The van der Waals surface area contributed by atoms with Crippen LogP contribution in [0.15, 0.2) is 5.38 Å². The number of hydrogen-bond donors (Lipinski definition) is 2. The molecule has 1 aliphatic rings. The molecule has 2 rings (SSSR count). The molecule has 0 radical (unpaired) electrons. The van der Waals surface area contributed by atoms with Crippen molar-refractivity contribution in [2.75, 3.05) is 13.2 Å². The van der Waals surface area contributed by atoms with Gasteiger partial charge in [-0.3, -0.25) is 0 Å². The van der Waals surface area contributed by atoms with Crippen LogP contribution in [0.3, 0.4) is 0 Å². The summed E-state index contributed by atoms with van der Waals surface area (Å²) in [4.78, 5) is 4.44. The summed E-state index contributed by atoms with van der Waals surface area (Å²) in [6, 6.07) is 0. The Kier molecular flexibility index (Phi) is 4.95. The molecular weight excluding hydrogens is 232 g/mol. The van der Waals surface area contributed by atoms with E-state index < -0.39 is 0 Å². The molecule has 1 aromatic heterocycles. The summed E-state index contributed by atoms with van der Waals surface area (Å²) in [5.74, 6) is 1.16. The van der Waals surface area contributed by atoms with Gasteiger partial charge in [0, 0.05) is 24.2 Å². The highest BCUT2D eigenvalue weighted by Gasteiger charge is 2.23. The lowest BCUT2D eigenvalue weighted by atomic mass is 9.79. The third-order valence-electron chi connectivity index (χ3n) is 3.65. The number of nitrogens with one attached hydrogen (secondary N) is 1. The average Bonchev–Trinajstić information content (AvgIpc) is 2.76. The van der Waals surface area contributed by atoms with Gasteiger partial charge in [0.15, 0.2) is 0 Å². The van der Waals surface area contributed by atoms with Crippen LogP contribution in [0.4, 0.5) is 0 Å². The molecule has 2 N–H and O–H groups in total. The van der Waals surface area contributed by atoms with Crippen molar-refractivity contribution in [3.05, 3.63) is 16.1 Å².